The van der Waals surface area contributed by atoms with Crippen LogP contribution in [0.4, 0.5) is 13.2 Å². The predicted molar refractivity (Wildman–Crippen MR) is 131 cm³/mol. The van der Waals surface area contributed by atoms with Crippen LogP contribution >= 0.6 is 11.6 Å². The molecule has 4 rings (SSSR count). The van der Waals surface area contributed by atoms with Crippen LogP contribution < -0.4 is 10.1 Å². The molecule has 0 bridgehead atoms. The molecule has 0 saturated carbocycles. The zero-order valence-electron chi connectivity index (χ0n) is 21.8. The predicted octanol–water partition coefficient (Wildman–Crippen LogP) is 5.13. The number of alkyl halides is 2. The summed E-state index contributed by atoms with van der Waals surface area (Å²) in [6.45, 7) is -3.51. The Balaban J connectivity index is 1.71. The Morgan fingerprint density at radius 3 is 2.84 bits per heavy atom. The van der Waals surface area contributed by atoms with E-state index in [1.165, 1.54) is 6.33 Å². The molecular weight excluding hydrogens is 511 g/mol. The second-order valence-corrected chi connectivity index (χ2v) is 8.38. The lowest BCUT2D eigenvalue weighted by Crippen LogP contribution is -2.31. The third-order valence-corrected chi connectivity index (χ3v) is 5.71. The number of carbonyl (C=O) groups excluding carboxylic acids is 1. The van der Waals surface area contributed by atoms with Crippen LogP contribution in [0.3, 0.4) is 0 Å². The second kappa shape index (κ2) is 11.1. The minimum atomic E-state index is -3.20. The highest BCUT2D eigenvalue weighted by Crippen LogP contribution is 2.34. The maximum Gasteiger partial charge on any atom is 0.345 e. The highest BCUT2D eigenvalue weighted by Gasteiger charge is 2.20. The van der Waals surface area contributed by atoms with Crippen LogP contribution in [-0.2, 0) is 23.2 Å². The summed E-state index contributed by atoms with van der Waals surface area (Å²) in [5.41, 5.74) is 1.91. The molecule has 0 aliphatic heterocycles. The van der Waals surface area contributed by atoms with Crippen molar-refractivity contribution >= 4 is 28.4 Å². The van der Waals surface area contributed by atoms with Gasteiger partial charge >= 0.3 is 6.61 Å². The number of pyridine rings is 1. The van der Waals surface area contributed by atoms with Gasteiger partial charge in [0.15, 0.2) is 5.82 Å². The zero-order chi connectivity index (χ0) is 28.3. The molecule has 0 spiro atoms. The number of rotatable bonds is 9. The first kappa shape index (κ1) is 23.7. The van der Waals surface area contributed by atoms with E-state index < -0.39 is 37.9 Å². The number of nitrogens with zero attached hydrogens (tertiary/aromatic N) is 4. The molecule has 194 valence electrons. The molecule has 0 fully saturated rings. The Morgan fingerprint density at radius 1 is 1.32 bits per heavy atom. The zero-order valence-corrected chi connectivity index (χ0v) is 20.5. The van der Waals surface area contributed by atoms with Gasteiger partial charge in [-0.3, -0.25) is 4.79 Å². The number of nitrogens with one attached hydrogen (secondary N) is 1. The van der Waals surface area contributed by atoms with Gasteiger partial charge in [0.2, 0.25) is 5.91 Å². The summed E-state index contributed by atoms with van der Waals surface area (Å²) >= 11 is 6.32. The van der Waals surface area contributed by atoms with Gasteiger partial charge in [0.25, 0.3) is 0 Å². The topological polar surface area (TPSA) is 91.2 Å². The van der Waals surface area contributed by atoms with Gasteiger partial charge in [0.05, 0.1) is 12.4 Å². The second-order valence-electron chi connectivity index (χ2n) is 7.97. The summed E-state index contributed by atoms with van der Waals surface area (Å²) in [7, 11) is 1.76. The molecule has 1 amide bonds. The number of carbonyl (C=O) groups is 1. The van der Waals surface area contributed by atoms with E-state index >= 15 is 0 Å². The number of hydrogen-bond donors (Lipinski definition) is 1. The van der Waals surface area contributed by atoms with Crippen LogP contribution in [0.5, 0.6) is 5.75 Å². The van der Waals surface area contributed by atoms with Crippen molar-refractivity contribution in [3.63, 3.8) is 0 Å². The molecular formula is C25H23ClF3N5O3. The number of benzene rings is 2. The summed E-state index contributed by atoms with van der Waals surface area (Å²) < 4.78 is 67.2. The van der Waals surface area contributed by atoms with Gasteiger partial charge in [0.1, 0.15) is 36.6 Å². The molecule has 1 atom stereocenters. The van der Waals surface area contributed by atoms with E-state index in [-0.39, 0.29) is 22.8 Å². The number of hydrogen-bond acceptors (Lipinski definition) is 6. The molecule has 37 heavy (non-hydrogen) atoms. The van der Waals surface area contributed by atoms with E-state index in [0.29, 0.717) is 22.8 Å². The van der Waals surface area contributed by atoms with Crippen molar-refractivity contribution in [3.05, 3.63) is 70.4 Å². The molecule has 0 saturated heterocycles. The standard InChI is InChI=1S/C25H23ClF3N5O3/c1-13-7-18(24-30-12-31-34(24)3)16-5-4-6-21(23(16)32-13)36-10-19-17(8-15(27)9-20(19)26)14(2)33-22(35)11-37-25(28)29/h4-9,12,14,25H,10-11H2,1-3H3,(H,33,35)/t14-/m0/s1/i2D,14D. The first-order valence-electron chi connectivity index (χ1n) is 12.1. The van der Waals surface area contributed by atoms with Gasteiger partial charge in [-0.25, -0.2) is 19.0 Å². The van der Waals surface area contributed by atoms with Gasteiger partial charge in [-0.2, -0.15) is 13.9 Å². The third-order valence-electron chi connectivity index (χ3n) is 5.37. The van der Waals surface area contributed by atoms with Crippen molar-refractivity contribution in [1.29, 1.82) is 0 Å². The van der Waals surface area contributed by atoms with E-state index in [0.717, 1.165) is 23.1 Å². The molecule has 2 aromatic heterocycles. The van der Waals surface area contributed by atoms with Gasteiger partial charge < -0.3 is 14.8 Å². The number of halogens is 4. The lowest BCUT2D eigenvalue weighted by Gasteiger charge is -2.20. The monoisotopic (exact) mass is 535 g/mol. The Labute approximate surface area is 218 Å². The average Bonchev–Trinajstić information content (AvgIpc) is 3.31. The van der Waals surface area contributed by atoms with Crippen molar-refractivity contribution in [1.82, 2.24) is 25.1 Å². The smallest absolute Gasteiger partial charge is 0.345 e. The van der Waals surface area contributed by atoms with Gasteiger partial charge in [-0.05, 0) is 43.7 Å². The van der Waals surface area contributed by atoms with Crippen molar-refractivity contribution < 1.29 is 30.2 Å². The fraction of sp³-hybridized carbons (Fsp3) is 0.280. The van der Waals surface area contributed by atoms with E-state index in [9.17, 15) is 18.0 Å². The fourth-order valence-electron chi connectivity index (χ4n) is 3.77. The van der Waals surface area contributed by atoms with Gasteiger partial charge in [-0.15, -0.1) is 0 Å². The Morgan fingerprint density at radius 2 is 2.14 bits per heavy atom. The van der Waals surface area contributed by atoms with E-state index in [1.54, 1.807) is 23.9 Å². The van der Waals surface area contributed by atoms with E-state index in [1.807, 2.05) is 19.1 Å². The molecule has 0 aliphatic rings. The average molecular weight is 536 g/mol. The van der Waals surface area contributed by atoms with Crippen LogP contribution in [-0.4, -0.2) is 38.9 Å². The van der Waals surface area contributed by atoms with Gasteiger partial charge in [0, 0.05) is 30.6 Å². The number of para-hydroxylation sites is 1. The van der Waals surface area contributed by atoms with Crippen LogP contribution in [0.15, 0.2) is 42.7 Å². The maximum absolute atomic E-state index is 14.4. The molecule has 1 N–H and O–H groups in total. The van der Waals surface area contributed by atoms with Crippen LogP contribution in [0.25, 0.3) is 22.3 Å². The third kappa shape index (κ3) is 6.00. The normalized spacial score (nSPS) is 13.8. The first-order chi connectivity index (χ1) is 18.5. The van der Waals surface area contributed by atoms with Crippen molar-refractivity contribution in [2.45, 2.75) is 33.1 Å². The fourth-order valence-corrected chi connectivity index (χ4v) is 4.03. The number of aryl methyl sites for hydroxylation is 2. The Bertz CT molecular complexity index is 1520. The molecule has 4 aromatic rings. The van der Waals surface area contributed by atoms with Crippen LogP contribution in [0, 0.1) is 12.7 Å². The SMILES string of the molecule is [2H]C[C@]([2H])(NC(=O)COC(F)F)c1cc(F)cc(Cl)c1COc1cccc2c(-c3ncnn3C)cc(C)nc12. The minimum Gasteiger partial charge on any atom is -0.487 e. The number of aromatic nitrogens is 4. The molecule has 2 aromatic carbocycles. The molecule has 0 radical (unpaired) electrons. The van der Waals surface area contributed by atoms with Crippen molar-refractivity contribution in [2.24, 2.45) is 7.05 Å². The summed E-state index contributed by atoms with van der Waals surface area (Å²) in [6, 6.07) is 6.86. The highest BCUT2D eigenvalue weighted by molar-refractivity contribution is 6.31. The maximum atomic E-state index is 14.4. The van der Waals surface area contributed by atoms with E-state index in [4.69, 9.17) is 19.1 Å². The molecule has 0 aliphatic carbocycles. The largest absolute Gasteiger partial charge is 0.487 e. The molecule has 0 unspecified atom stereocenters. The Kier molecular flexibility index (Phi) is 7.13. The van der Waals surface area contributed by atoms with E-state index in [2.05, 4.69) is 25.1 Å². The minimum absolute atomic E-state index is 0.114. The molecule has 2 heterocycles. The van der Waals surface area contributed by atoms with Crippen LogP contribution in [0.1, 0.15) is 32.5 Å². The van der Waals surface area contributed by atoms with Gasteiger partial charge in [-0.1, -0.05) is 23.7 Å². The number of ether oxygens (including phenoxy) is 2. The van der Waals surface area contributed by atoms with Crippen molar-refractivity contribution in [2.75, 3.05) is 6.61 Å². The number of amides is 1. The lowest BCUT2D eigenvalue weighted by atomic mass is 10.0. The summed E-state index contributed by atoms with van der Waals surface area (Å²) in [4.78, 5) is 21.1. The molecule has 12 heteroatoms. The summed E-state index contributed by atoms with van der Waals surface area (Å²) in [5, 5.41) is 6.89. The Hall–Kier alpha value is -3.70. The quantitative estimate of drug-likeness (QED) is 0.320. The lowest BCUT2D eigenvalue weighted by molar-refractivity contribution is -0.152. The summed E-state index contributed by atoms with van der Waals surface area (Å²) in [5.74, 6) is -0.943. The highest BCUT2D eigenvalue weighted by atomic mass is 35.5. The number of fused-ring (bicyclic) bond motifs is 1. The summed E-state index contributed by atoms with van der Waals surface area (Å²) in [6.07, 6.45) is 1.44. The van der Waals surface area contributed by atoms with Crippen LogP contribution in [0.2, 0.25) is 5.02 Å². The first-order valence-corrected chi connectivity index (χ1v) is 11.3. The van der Waals surface area contributed by atoms with Crippen molar-refractivity contribution in [3.8, 4) is 17.1 Å². The molecule has 8 nitrogen and oxygen atoms in total.